The highest BCUT2D eigenvalue weighted by Crippen LogP contribution is 2.44. The van der Waals surface area contributed by atoms with Crippen molar-refractivity contribution in [2.75, 3.05) is 26.3 Å². The van der Waals surface area contributed by atoms with Gasteiger partial charge in [0.05, 0.1) is 11.2 Å². The van der Waals surface area contributed by atoms with Crippen LogP contribution < -0.4 is 0 Å². The molecule has 2 aliphatic heterocycles. The molecule has 0 unspecified atom stereocenters. The minimum atomic E-state index is -0.140. The highest BCUT2D eigenvalue weighted by atomic mass is 16.5. The van der Waals surface area contributed by atoms with Gasteiger partial charge in [-0.15, -0.1) is 0 Å². The second-order valence-corrected chi connectivity index (χ2v) is 10.6. The Labute approximate surface area is 183 Å². The quantitative estimate of drug-likeness (QED) is 0.603. The minimum Gasteiger partial charge on any atom is -0.376 e. The van der Waals surface area contributed by atoms with Crippen molar-refractivity contribution in [3.8, 4) is 0 Å². The smallest absolute Gasteiger partial charge is 0.222 e. The largest absolute Gasteiger partial charge is 0.376 e. The number of hydrogen-bond acceptors (Lipinski definition) is 3. The maximum atomic E-state index is 12.9. The summed E-state index contributed by atoms with van der Waals surface area (Å²) in [6.07, 6.45) is 5.62. The van der Waals surface area contributed by atoms with E-state index in [0.717, 1.165) is 58.4 Å². The van der Waals surface area contributed by atoms with E-state index in [1.165, 1.54) is 5.56 Å². The average molecular weight is 416 g/mol. The molecule has 2 aliphatic rings. The highest BCUT2D eigenvalue weighted by molar-refractivity contribution is 5.75. The molecule has 0 aliphatic carbocycles. The number of carbonyl (C=O) groups excluding carboxylic acids is 1. The van der Waals surface area contributed by atoms with E-state index in [1.54, 1.807) is 0 Å². The molecule has 0 bridgehead atoms. The normalized spacial score (nSPS) is 28.1. The minimum absolute atomic E-state index is 0.0598. The maximum absolute atomic E-state index is 12.9. The van der Waals surface area contributed by atoms with Gasteiger partial charge in [-0.25, -0.2) is 0 Å². The zero-order valence-electron chi connectivity index (χ0n) is 19.7. The van der Waals surface area contributed by atoms with Crippen LogP contribution in [0.4, 0.5) is 0 Å². The number of hydrogen-bond donors (Lipinski definition) is 0. The topological polar surface area (TPSA) is 38.8 Å². The summed E-state index contributed by atoms with van der Waals surface area (Å²) < 4.78 is 12.0. The van der Waals surface area contributed by atoms with Gasteiger partial charge in [0, 0.05) is 38.1 Å². The first-order chi connectivity index (χ1) is 14.1. The Balaban J connectivity index is 1.76. The number of carbonyl (C=O) groups is 1. The van der Waals surface area contributed by atoms with Crippen molar-refractivity contribution in [3.05, 3.63) is 35.9 Å². The van der Waals surface area contributed by atoms with Crippen molar-refractivity contribution in [2.45, 2.75) is 89.8 Å². The summed E-state index contributed by atoms with van der Waals surface area (Å²) in [6, 6.07) is 10.9. The van der Waals surface area contributed by atoms with Crippen LogP contribution in [0.1, 0.15) is 78.7 Å². The van der Waals surface area contributed by atoms with Crippen LogP contribution in [-0.4, -0.2) is 48.3 Å². The molecule has 2 saturated heterocycles. The van der Waals surface area contributed by atoms with Crippen LogP contribution in [0.15, 0.2) is 30.3 Å². The lowest BCUT2D eigenvalue weighted by Crippen LogP contribution is -2.47. The SMILES string of the molecule is CCC(=O)N(CC[C@]1(c2ccccc2)CCOC(C)(C)C1)C[C@@H]1CCOC(C)(C)C1. The Morgan fingerprint density at radius 1 is 1.07 bits per heavy atom. The molecule has 168 valence electrons. The Morgan fingerprint density at radius 2 is 1.77 bits per heavy atom. The van der Waals surface area contributed by atoms with Gasteiger partial charge < -0.3 is 14.4 Å². The lowest BCUT2D eigenvalue weighted by Gasteiger charge is -2.46. The van der Waals surface area contributed by atoms with Crippen LogP contribution in [-0.2, 0) is 19.7 Å². The second-order valence-electron chi connectivity index (χ2n) is 10.6. The molecule has 0 aromatic heterocycles. The molecule has 3 rings (SSSR count). The van der Waals surface area contributed by atoms with Gasteiger partial charge in [-0.2, -0.15) is 0 Å². The zero-order valence-corrected chi connectivity index (χ0v) is 19.7. The van der Waals surface area contributed by atoms with Gasteiger partial charge in [0.1, 0.15) is 0 Å². The Bertz CT molecular complexity index is 699. The van der Waals surface area contributed by atoms with Crippen molar-refractivity contribution in [2.24, 2.45) is 5.92 Å². The first-order valence-electron chi connectivity index (χ1n) is 11.8. The zero-order chi connectivity index (χ0) is 21.8. The monoisotopic (exact) mass is 415 g/mol. The molecule has 2 fully saturated rings. The fraction of sp³-hybridized carbons (Fsp3) is 0.731. The number of nitrogens with zero attached hydrogens (tertiary/aromatic N) is 1. The van der Waals surface area contributed by atoms with E-state index in [9.17, 15) is 4.79 Å². The fourth-order valence-corrected chi connectivity index (χ4v) is 5.59. The van der Waals surface area contributed by atoms with Gasteiger partial charge in [-0.05, 0) is 71.3 Å². The van der Waals surface area contributed by atoms with E-state index < -0.39 is 0 Å². The predicted octanol–water partition coefficient (Wildman–Crippen LogP) is 5.35. The molecule has 0 spiro atoms. The third-order valence-corrected chi connectivity index (χ3v) is 7.02. The second kappa shape index (κ2) is 9.40. The molecule has 1 amide bonds. The maximum Gasteiger partial charge on any atom is 0.222 e. The van der Waals surface area contributed by atoms with Gasteiger partial charge in [0.25, 0.3) is 0 Å². The lowest BCUT2D eigenvalue weighted by molar-refractivity contribution is -0.134. The molecule has 0 saturated carbocycles. The van der Waals surface area contributed by atoms with Crippen LogP contribution >= 0.6 is 0 Å². The van der Waals surface area contributed by atoms with Crippen molar-refractivity contribution in [3.63, 3.8) is 0 Å². The van der Waals surface area contributed by atoms with Crippen LogP contribution in [0.5, 0.6) is 0 Å². The van der Waals surface area contributed by atoms with Crippen molar-refractivity contribution < 1.29 is 14.3 Å². The number of rotatable bonds is 7. The Kier molecular flexibility index (Phi) is 7.29. The van der Waals surface area contributed by atoms with Crippen molar-refractivity contribution in [1.29, 1.82) is 0 Å². The summed E-state index contributed by atoms with van der Waals surface area (Å²) in [5, 5.41) is 0. The first kappa shape index (κ1) is 23.3. The number of ether oxygens (including phenoxy) is 2. The van der Waals surface area contributed by atoms with E-state index in [2.05, 4.69) is 62.9 Å². The summed E-state index contributed by atoms with van der Waals surface area (Å²) in [5.74, 6) is 0.789. The summed E-state index contributed by atoms with van der Waals surface area (Å²) in [7, 11) is 0. The van der Waals surface area contributed by atoms with Crippen LogP contribution in [0.3, 0.4) is 0 Å². The summed E-state index contributed by atoms with van der Waals surface area (Å²) in [6.45, 7) is 13.9. The molecule has 4 nitrogen and oxygen atoms in total. The molecule has 4 heteroatoms. The van der Waals surface area contributed by atoms with E-state index in [-0.39, 0.29) is 22.5 Å². The Morgan fingerprint density at radius 3 is 2.40 bits per heavy atom. The average Bonchev–Trinajstić information content (AvgIpc) is 2.70. The molecule has 0 N–H and O–H groups in total. The standard InChI is InChI=1S/C26H41NO3/c1-6-23(28)27(19-21-12-16-29-24(2,3)18-21)15-13-26(22-10-8-7-9-11-22)14-17-30-25(4,5)20-26/h7-11,21H,6,12-20H2,1-5H3/t21-,26+/m1/s1. The molecule has 30 heavy (non-hydrogen) atoms. The molecule has 1 aromatic carbocycles. The molecule has 2 atom stereocenters. The Hall–Kier alpha value is -1.39. The molecule has 0 radical (unpaired) electrons. The van der Waals surface area contributed by atoms with E-state index in [0.29, 0.717) is 12.3 Å². The third kappa shape index (κ3) is 5.85. The van der Waals surface area contributed by atoms with Gasteiger partial charge in [-0.1, -0.05) is 37.3 Å². The number of amides is 1. The first-order valence-corrected chi connectivity index (χ1v) is 11.8. The molecular formula is C26H41NO3. The van der Waals surface area contributed by atoms with Crippen LogP contribution in [0.25, 0.3) is 0 Å². The molecule has 1 aromatic rings. The third-order valence-electron chi connectivity index (χ3n) is 7.02. The summed E-state index contributed by atoms with van der Waals surface area (Å²) >= 11 is 0. The predicted molar refractivity (Wildman–Crippen MR) is 122 cm³/mol. The fourth-order valence-electron chi connectivity index (χ4n) is 5.59. The lowest BCUT2D eigenvalue weighted by atomic mass is 9.67. The molecule has 2 heterocycles. The van der Waals surface area contributed by atoms with E-state index in [4.69, 9.17) is 9.47 Å². The van der Waals surface area contributed by atoms with E-state index >= 15 is 0 Å². The highest BCUT2D eigenvalue weighted by Gasteiger charge is 2.42. The van der Waals surface area contributed by atoms with Crippen LogP contribution in [0.2, 0.25) is 0 Å². The van der Waals surface area contributed by atoms with Gasteiger partial charge in [0.2, 0.25) is 5.91 Å². The van der Waals surface area contributed by atoms with Gasteiger partial charge in [-0.3, -0.25) is 4.79 Å². The van der Waals surface area contributed by atoms with Gasteiger partial charge >= 0.3 is 0 Å². The molecular weight excluding hydrogens is 374 g/mol. The van der Waals surface area contributed by atoms with Crippen molar-refractivity contribution in [1.82, 2.24) is 4.90 Å². The van der Waals surface area contributed by atoms with Crippen molar-refractivity contribution >= 4 is 5.91 Å². The van der Waals surface area contributed by atoms with E-state index in [1.807, 2.05) is 6.92 Å². The summed E-state index contributed by atoms with van der Waals surface area (Å²) in [4.78, 5) is 15.0. The van der Waals surface area contributed by atoms with Gasteiger partial charge in [0.15, 0.2) is 0 Å². The van der Waals surface area contributed by atoms with Crippen LogP contribution in [0, 0.1) is 5.92 Å². The summed E-state index contributed by atoms with van der Waals surface area (Å²) in [5.41, 5.74) is 1.22. The number of benzene rings is 1.